The van der Waals surface area contributed by atoms with E-state index in [1.54, 1.807) is 13.3 Å². The Bertz CT molecular complexity index is 454. The van der Waals surface area contributed by atoms with E-state index < -0.39 is 0 Å². The highest BCUT2D eigenvalue weighted by Gasteiger charge is 1.96. The number of imidazole rings is 1. The van der Waals surface area contributed by atoms with Gasteiger partial charge in [-0.2, -0.15) is 0 Å². The van der Waals surface area contributed by atoms with E-state index in [4.69, 9.17) is 4.74 Å². The van der Waals surface area contributed by atoms with Crippen LogP contribution in [0, 0.1) is 0 Å². The summed E-state index contributed by atoms with van der Waals surface area (Å²) in [7, 11) is 1.72. The Balaban J connectivity index is 1.74. The van der Waals surface area contributed by atoms with E-state index in [0.717, 1.165) is 19.6 Å². The summed E-state index contributed by atoms with van der Waals surface area (Å²) in [6, 6.07) is 8.46. The number of ether oxygens (including phenoxy) is 1. The average molecular weight is 245 g/mol. The lowest BCUT2D eigenvalue weighted by Crippen LogP contribution is -2.19. The first kappa shape index (κ1) is 12.8. The van der Waals surface area contributed by atoms with Crippen LogP contribution in [-0.2, 0) is 24.4 Å². The fraction of sp³-hybridized carbons (Fsp3) is 0.357. The molecule has 1 N–H and O–H groups in total. The number of hydrogen-bond acceptors (Lipinski definition) is 3. The van der Waals surface area contributed by atoms with Crippen molar-refractivity contribution in [3.63, 3.8) is 0 Å². The SMILES string of the molecule is COCc1cccc(CNCCn2ccnc2)c1. The molecule has 0 fully saturated rings. The van der Waals surface area contributed by atoms with Crippen molar-refractivity contribution in [3.8, 4) is 0 Å². The lowest BCUT2D eigenvalue weighted by molar-refractivity contribution is 0.185. The fourth-order valence-corrected chi connectivity index (χ4v) is 1.86. The van der Waals surface area contributed by atoms with Crippen molar-refractivity contribution >= 4 is 0 Å². The van der Waals surface area contributed by atoms with E-state index in [9.17, 15) is 0 Å². The molecule has 1 aromatic heterocycles. The number of nitrogens with zero attached hydrogens (tertiary/aromatic N) is 2. The van der Waals surface area contributed by atoms with Crippen LogP contribution in [0.4, 0.5) is 0 Å². The average Bonchev–Trinajstić information content (AvgIpc) is 2.89. The molecule has 0 radical (unpaired) electrons. The van der Waals surface area contributed by atoms with Crippen LogP contribution < -0.4 is 5.32 Å². The van der Waals surface area contributed by atoms with E-state index in [0.29, 0.717) is 6.61 Å². The monoisotopic (exact) mass is 245 g/mol. The Hall–Kier alpha value is -1.65. The summed E-state index contributed by atoms with van der Waals surface area (Å²) in [5.74, 6) is 0. The summed E-state index contributed by atoms with van der Waals surface area (Å²) in [5, 5.41) is 3.42. The molecule has 0 atom stereocenters. The van der Waals surface area contributed by atoms with Gasteiger partial charge in [-0.1, -0.05) is 24.3 Å². The largest absolute Gasteiger partial charge is 0.380 e. The number of benzene rings is 1. The molecule has 96 valence electrons. The van der Waals surface area contributed by atoms with Gasteiger partial charge in [0.25, 0.3) is 0 Å². The Morgan fingerprint density at radius 3 is 3.00 bits per heavy atom. The third-order valence-electron chi connectivity index (χ3n) is 2.74. The van der Waals surface area contributed by atoms with E-state index >= 15 is 0 Å². The number of rotatable bonds is 7. The molecule has 0 saturated carbocycles. The zero-order valence-corrected chi connectivity index (χ0v) is 10.7. The van der Waals surface area contributed by atoms with Gasteiger partial charge in [0.1, 0.15) is 0 Å². The molecule has 0 aliphatic rings. The number of hydrogen-bond donors (Lipinski definition) is 1. The molecule has 0 saturated heterocycles. The topological polar surface area (TPSA) is 39.1 Å². The highest BCUT2D eigenvalue weighted by molar-refractivity contribution is 5.22. The van der Waals surface area contributed by atoms with Gasteiger partial charge in [-0.3, -0.25) is 0 Å². The van der Waals surface area contributed by atoms with E-state index in [2.05, 4.69) is 39.1 Å². The van der Waals surface area contributed by atoms with Crippen LogP contribution in [0.25, 0.3) is 0 Å². The normalized spacial score (nSPS) is 10.7. The molecule has 0 bridgehead atoms. The van der Waals surface area contributed by atoms with Gasteiger partial charge in [-0.25, -0.2) is 4.98 Å². The quantitative estimate of drug-likeness (QED) is 0.756. The Labute approximate surface area is 108 Å². The van der Waals surface area contributed by atoms with Gasteiger partial charge in [-0.15, -0.1) is 0 Å². The molecular formula is C14H19N3O. The van der Waals surface area contributed by atoms with Crippen LogP contribution in [0.2, 0.25) is 0 Å². The maximum atomic E-state index is 5.13. The molecule has 1 heterocycles. The summed E-state index contributed by atoms with van der Waals surface area (Å²) in [6.07, 6.45) is 5.61. The van der Waals surface area contributed by atoms with E-state index in [1.165, 1.54) is 11.1 Å². The van der Waals surface area contributed by atoms with Gasteiger partial charge in [0.05, 0.1) is 12.9 Å². The van der Waals surface area contributed by atoms with Crippen molar-refractivity contribution in [2.24, 2.45) is 0 Å². The number of nitrogens with one attached hydrogen (secondary N) is 1. The maximum Gasteiger partial charge on any atom is 0.0946 e. The molecule has 0 aliphatic heterocycles. The highest BCUT2D eigenvalue weighted by Crippen LogP contribution is 2.06. The molecule has 0 amide bonds. The molecule has 4 nitrogen and oxygen atoms in total. The molecule has 0 unspecified atom stereocenters. The Morgan fingerprint density at radius 2 is 2.22 bits per heavy atom. The van der Waals surface area contributed by atoms with Crippen LogP contribution >= 0.6 is 0 Å². The summed E-state index contributed by atoms with van der Waals surface area (Å²) in [4.78, 5) is 4.01. The minimum Gasteiger partial charge on any atom is -0.380 e. The smallest absolute Gasteiger partial charge is 0.0946 e. The van der Waals surface area contributed by atoms with Gasteiger partial charge in [-0.05, 0) is 11.1 Å². The molecule has 18 heavy (non-hydrogen) atoms. The van der Waals surface area contributed by atoms with Crippen molar-refractivity contribution in [2.45, 2.75) is 19.7 Å². The molecule has 1 aromatic carbocycles. The Morgan fingerprint density at radius 1 is 1.33 bits per heavy atom. The minimum absolute atomic E-state index is 0.670. The van der Waals surface area contributed by atoms with Gasteiger partial charge in [0, 0.05) is 39.1 Å². The van der Waals surface area contributed by atoms with Crippen LogP contribution in [0.15, 0.2) is 43.0 Å². The van der Waals surface area contributed by atoms with Crippen molar-refractivity contribution in [3.05, 3.63) is 54.1 Å². The summed E-state index contributed by atoms with van der Waals surface area (Å²) in [6.45, 7) is 3.43. The third kappa shape index (κ3) is 3.98. The lowest BCUT2D eigenvalue weighted by atomic mass is 10.1. The zero-order valence-electron chi connectivity index (χ0n) is 10.7. The molecule has 0 spiro atoms. The second-order valence-corrected chi connectivity index (χ2v) is 4.23. The number of methoxy groups -OCH3 is 1. The van der Waals surface area contributed by atoms with Crippen molar-refractivity contribution < 1.29 is 4.74 Å². The minimum atomic E-state index is 0.670. The zero-order chi connectivity index (χ0) is 12.6. The molecule has 0 aliphatic carbocycles. The standard InChI is InChI=1S/C14H19N3O/c1-18-11-14-4-2-3-13(9-14)10-15-5-7-17-8-6-16-12-17/h2-4,6,8-9,12,15H,5,7,10-11H2,1H3. The molecule has 4 heteroatoms. The summed E-state index contributed by atoms with van der Waals surface area (Å²) in [5.41, 5.74) is 2.50. The predicted molar refractivity (Wildman–Crippen MR) is 71.1 cm³/mol. The molecule has 2 rings (SSSR count). The second kappa shape index (κ2) is 6.93. The number of aromatic nitrogens is 2. The van der Waals surface area contributed by atoms with Crippen LogP contribution in [0.3, 0.4) is 0 Å². The first-order valence-electron chi connectivity index (χ1n) is 6.11. The first-order chi connectivity index (χ1) is 8.88. The van der Waals surface area contributed by atoms with Gasteiger partial charge < -0.3 is 14.6 Å². The first-order valence-corrected chi connectivity index (χ1v) is 6.11. The maximum absolute atomic E-state index is 5.13. The lowest BCUT2D eigenvalue weighted by Gasteiger charge is -2.07. The third-order valence-corrected chi connectivity index (χ3v) is 2.74. The highest BCUT2D eigenvalue weighted by atomic mass is 16.5. The predicted octanol–water partition coefficient (Wildman–Crippen LogP) is 1.82. The van der Waals surface area contributed by atoms with Crippen molar-refractivity contribution in [1.82, 2.24) is 14.9 Å². The fourth-order valence-electron chi connectivity index (χ4n) is 1.86. The van der Waals surface area contributed by atoms with Gasteiger partial charge >= 0.3 is 0 Å². The molecule has 2 aromatic rings. The van der Waals surface area contributed by atoms with Crippen molar-refractivity contribution in [1.29, 1.82) is 0 Å². The van der Waals surface area contributed by atoms with Gasteiger partial charge in [0.2, 0.25) is 0 Å². The Kier molecular flexibility index (Phi) is 4.93. The van der Waals surface area contributed by atoms with Crippen LogP contribution in [0.5, 0.6) is 0 Å². The second-order valence-electron chi connectivity index (χ2n) is 4.23. The molecular weight excluding hydrogens is 226 g/mol. The van der Waals surface area contributed by atoms with Crippen LogP contribution in [0.1, 0.15) is 11.1 Å². The summed E-state index contributed by atoms with van der Waals surface area (Å²) >= 11 is 0. The van der Waals surface area contributed by atoms with Crippen LogP contribution in [-0.4, -0.2) is 23.2 Å². The van der Waals surface area contributed by atoms with Crippen molar-refractivity contribution in [2.75, 3.05) is 13.7 Å². The van der Waals surface area contributed by atoms with Gasteiger partial charge in [0.15, 0.2) is 0 Å². The van der Waals surface area contributed by atoms with E-state index in [1.807, 2.05) is 12.5 Å². The summed E-state index contributed by atoms with van der Waals surface area (Å²) < 4.78 is 7.19. The van der Waals surface area contributed by atoms with E-state index in [-0.39, 0.29) is 0 Å².